The lowest BCUT2D eigenvalue weighted by Crippen LogP contribution is -2.37. The van der Waals surface area contributed by atoms with Crippen molar-refractivity contribution in [1.29, 1.82) is 0 Å². The predicted octanol–water partition coefficient (Wildman–Crippen LogP) is -0.910. The molecule has 2 aliphatic rings. The first kappa shape index (κ1) is 12.2. The van der Waals surface area contributed by atoms with E-state index in [0.29, 0.717) is 18.6 Å². The van der Waals surface area contributed by atoms with Gasteiger partial charge in [0.1, 0.15) is 12.1 Å². The summed E-state index contributed by atoms with van der Waals surface area (Å²) in [7, 11) is 0. The van der Waals surface area contributed by atoms with E-state index in [1.54, 1.807) is 0 Å². The van der Waals surface area contributed by atoms with Crippen molar-refractivity contribution in [3.05, 3.63) is 0 Å². The van der Waals surface area contributed by atoms with Gasteiger partial charge in [-0.1, -0.05) is 0 Å². The molecule has 3 amide bonds. The molecular formula is C9H13N3O4S. The fourth-order valence-corrected chi connectivity index (χ4v) is 3.05. The van der Waals surface area contributed by atoms with Gasteiger partial charge in [0.2, 0.25) is 0 Å². The van der Waals surface area contributed by atoms with E-state index in [1.807, 2.05) is 0 Å². The van der Waals surface area contributed by atoms with Crippen molar-refractivity contribution in [3.8, 4) is 0 Å². The zero-order valence-corrected chi connectivity index (χ0v) is 9.75. The number of thioether (sulfide) groups is 1. The Labute approximate surface area is 102 Å². The number of amides is 3. The summed E-state index contributed by atoms with van der Waals surface area (Å²) in [4.78, 5) is 32.8. The van der Waals surface area contributed by atoms with Gasteiger partial charge >= 0.3 is 12.0 Å². The zero-order valence-electron chi connectivity index (χ0n) is 8.93. The third-order valence-corrected chi connectivity index (χ3v) is 4.03. The monoisotopic (exact) mass is 259 g/mol. The number of imide groups is 1. The van der Waals surface area contributed by atoms with Crippen molar-refractivity contribution in [2.24, 2.45) is 0 Å². The van der Waals surface area contributed by atoms with Crippen LogP contribution in [0.15, 0.2) is 0 Å². The first-order valence-electron chi connectivity index (χ1n) is 5.28. The standard InChI is InChI=1S/C9H13N3O4S/c13-7-4(11-9(16)12-7)1-2-6-10-5(3-17-6)8(14)15/h4-6,10H,1-3H2,(H,14,15)(H2,11,12,13,16). The summed E-state index contributed by atoms with van der Waals surface area (Å²) in [6.07, 6.45) is 1.15. The number of hydrogen-bond acceptors (Lipinski definition) is 5. The molecular weight excluding hydrogens is 246 g/mol. The number of urea groups is 1. The van der Waals surface area contributed by atoms with Crippen LogP contribution >= 0.6 is 11.8 Å². The van der Waals surface area contributed by atoms with Gasteiger partial charge in [-0.25, -0.2) is 4.79 Å². The molecule has 4 N–H and O–H groups in total. The van der Waals surface area contributed by atoms with Crippen LogP contribution in [0.1, 0.15) is 12.8 Å². The maximum Gasteiger partial charge on any atom is 0.322 e. The zero-order chi connectivity index (χ0) is 12.4. The smallest absolute Gasteiger partial charge is 0.322 e. The summed E-state index contributed by atoms with van der Waals surface area (Å²) in [5.74, 6) is -0.636. The third-order valence-electron chi connectivity index (χ3n) is 2.73. The molecule has 94 valence electrons. The number of nitrogens with one attached hydrogen (secondary N) is 3. The van der Waals surface area contributed by atoms with Gasteiger partial charge in [-0.3, -0.25) is 20.2 Å². The highest BCUT2D eigenvalue weighted by molar-refractivity contribution is 8.00. The normalized spacial score (nSPS) is 32.4. The van der Waals surface area contributed by atoms with Crippen LogP contribution in [-0.4, -0.2) is 46.2 Å². The minimum absolute atomic E-state index is 0.0291. The van der Waals surface area contributed by atoms with Crippen molar-refractivity contribution < 1.29 is 19.5 Å². The molecule has 2 rings (SSSR count). The Balaban J connectivity index is 1.75. The van der Waals surface area contributed by atoms with E-state index in [2.05, 4.69) is 16.0 Å². The van der Waals surface area contributed by atoms with Crippen molar-refractivity contribution in [2.45, 2.75) is 30.3 Å². The number of carbonyl (C=O) groups excluding carboxylic acids is 2. The van der Waals surface area contributed by atoms with Gasteiger partial charge in [0.25, 0.3) is 5.91 Å². The fraction of sp³-hybridized carbons (Fsp3) is 0.667. The minimum atomic E-state index is -0.855. The van der Waals surface area contributed by atoms with Gasteiger partial charge in [-0.05, 0) is 12.8 Å². The summed E-state index contributed by atoms with van der Waals surface area (Å²) in [5.41, 5.74) is 0. The van der Waals surface area contributed by atoms with Gasteiger partial charge in [0.15, 0.2) is 0 Å². The van der Waals surface area contributed by atoms with E-state index in [-0.39, 0.29) is 11.3 Å². The van der Waals surface area contributed by atoms with Crippen LogP contribution in [0.5, 0.6) is 0 Å². The van der Waals surface area contributed by atoms with Gasteiger partial charge in [0.05, 0.1) is 5.37 Å². The Morgan fingerprint density at radius 3 is 2.71 bits per heavy atom. The molecule has 0 spiro atoms. The maximum atomic E-state index is 11.2. The lowest BCUT2D eigenvalue weighted by atomic mass is 10.1. The molecule has 17 heavy (non-hydrogen) atoms. The number of carboxylic acids is 1. The summed E-state index contributed by atoms with van der Waals surface area (Å²) in [6.45, 7) is 0. The highest BCUT2D eigenvalue weighted by Gasteiger charge is 2.33. The summed E-state index contributed by atoms with van der Waals surface area (Å²) >= 11 is 1.53. The molecule has 0 aromatic rings. The first-order valence-corrected chi connectivity index (χ1v) is 6.33. The van der Waals surface area contributed by atoms with Gasteiger partial charge in [-0.2, -0.15) is 0 Å². The molecule has 0 radical (unpaired) electrons. The van der Waals surface area contributed by atoms with Crippen molar-refractivity contribution >= 4 is 29.7 Å². The van der Waals surface area contributed by atoms with Crippen LogP contribution in [0.2, 0.25) is 0 Å². The molecule has 2 aliphatic heterocycles. The van der Waals surface area contributed by atoms with E-state index in [4.69, 9.17) is 5.11 Å². The summed E-state index contributed by atoms with van der Waals surface area (Å²) < 4.78 is 0. The third kappa shape index (κ3) is 2.89. The van der Waals surface area contributed by atoms with Crippen LogP contribution in [0.3, 0.4) is 0 Å². The van der Waals surface area contributed by atoms with E-state index in [0.717, 1.165) is 0 Å². The largest absolute Gasteiger partial charge is 0.480 e. The Bertz CT molecular complexity index is 362. The van der Waals surface area contributed by atoms with Gasteiger partial charge in [0, 0.05) is 5.75 Å². The van der Waals surface area contributed by atoms with Crippen LogP contribution in [0, 0.1) is 0 Å². The summed E-state index contributed by atoms with van der Waals surface area (Å²) in [5, 5.41) is 16.4. The quantitative estimate of drug-likeness (QED) is 0.487. The van der Waals surface area contributed by atoms with Crippen LogP contribution in [0.25, 0.3) is 0 Å². The number of rotatable bonds is 4. The predicted molar refractivity (Wildman–Crippen MR) is 60.5 cm³/mol. The molecule has 3 unspecified atom stereocenters. The second-order valence-electron chi connectivity index (χ2n) is 3.97. The molecule has 8 heteroatoms. The van der Waals surface area contributed by atoms with E-state index in [9.17, 15) is 14.4 Å². The molecule has 2 saturated heterocycles. The van der Waals surface area contributed by atoms with E-state index < -0.39 is 24.1 Å². The second kappa shape index (κ2) is 4.92. The molecule has 7 nitrogen and oxygen atoms in total. The lowest BCUT2D eigenvalue weighted by molar-refractivity contribution is -0.138. The van der Waals surface area contributed by atoms with Crippen LogP contribution in [0.4, 0.5) is 4.79 Å². The van der Waals surface area contributed by atoms with Gasteiger partial charge in [-0.15, -0.1) is 11.8 Å². The number of hydrogen-bond donors (Lipinski definition) is 4. The minimum Gasteiger partial charge on any atom is -0.480 e. The molecule has 0 bridgehead atoms. The van der Waals surface area contributed by atoms with Crippen molar-refractivity contribution in [3.63, 3.8) is 0 Å². The molecule has 0 saturated carbocycles. The lowest BCUT2D eigenvalue weighted by Gasteiger charge is -2.12. The van der Waals surface area contributed by atoms with Gasteiger partial charge < -0.3 is 10.4 Å². The van der Waals surface area contributed by atoms with Crippen LogP contribution in [-0.2, 0) is 9.59 Å². The van der Waals surface area contributed by atoms with Crippen LogP contribution < -0.4 is 16.0 Å². The topological polar surface area (TPSA) is 108 Å². The maximum absolute atomic E-state index is 11.2. The molecule has 2 fully saturated rings. The fourth-order valence-electron chi connectivity index (χ4n) is 1.82. The molecule has 3 atom stereocenters. The summed E-state index contributed by atoms with van der Waals surface area (Å²) in [6, 6.07) is -1.47. The molecule has 0 aliphatic carbocycles. The molecule has 0 aromatic carbocycles. The molecule has 2 heterocycles. The Morgan fingerprint density at radius 1 is 1.41 bits per heavy atom. The second-order valence-corrected chi connectivity index (χ2v) is 5.21. The Hall–Kier alpha value is -1.28. The Kier molecular flexibility index (Phi) is 3.53. The highest BCUT2D eigenvalue weighted by atomic mass is 32.2. The highest BCUT2D eigenvalue weighted by Crippen LogP contribution is 2.23. The Morgan fingerprint density at radius 2 is 2.18 bits per heavy atom. The number of carbonyl (C=O) groups is 3. The number of aliphatic carboxylic acids is 1. The first-order chi connectivity index (χ1) is 8.06. The van der Waals surface area contributed by atoms with E-state index >= 15 is 0 Å². The average Bonchev–Trinajstić information content (AvgIpc) is 2.82. The van der Waals surface area contributed by atoms with Crippen molar-refractivity contribution in [2.75, 3.05) is 5.75 Å². The number of carboxylic acid groups (broad SMARTS) is 1. The van der Waals surface area contributed by atoms with E-state index in [1.165, 1.54) is 11.8 Å². The molecule has 0 aromatic heterocycles. The van der Waals surface area contributed by atoms with Crippen molar-refractivity contribution in [1.82, 2.24) is 16.0 Å². The average molecular weight is 259 g/mol. The SMILES string of the molecule is O=C1NC(=O)C(CCC2NC(C(=O)O)CS2)N1.